The molecule has 0 spiro atoms. The molecule has 0 bridgehead atoms. The molecule has 4 nitrogen and oxygen atoms in total. The lowest BCUT2D eigenvalue weighted by molar-refractivity contribution is 0.310. The average Bonchev–Trinajstić information content (AvgIpc) is 2.98. The summed E-state index contributed by atoms with van der Waals surface area (Å²) in [6, 6.07) is 1.89. The minimum absolute atomic E-state index is 0.245. The van der Waals surface area contributed by atoms with E-state index in [0.29, 0.717) is 0 Å². The van der Waals surface area contributed by atoms with Gasteiger partial charge in [-0.05, 0) is 12.8 Å². The number of nitrogens with zero attached hydrogens (tertiary/aromatic N) is 2. The molecule has 0 aliphatic rings. The summed E-state index contributed by atoms with van der Waals surface area (Å²) in [4.78, 5) is 4.29. The Labute approximate surface area is 94.7 Å². The quantitative estimate of drug-likeness (QED) is 0.776. The van der Waals surface area contributed by atoms with Gasteiger partial charge in [-0.15, -0.1) is 0 Å². The zero-order valence-corrected chi connectivity index (χ0v) is 9.64. The van der Waals surface area contributed by atoms with Gasteiger partial charge in [-0.3, -0.25) is 0 Å². The van der Waals surface area contributed by atoms with Crippen molar-refractivity contribution in [2.45, 2.75) is 38.5 Å². The van der Waals surface area contributed by atoms with Gasteiger partial charge in [0.15, 0.2) is 0 Å². The molecule has 0 saturated carbocycles. The van der Waals surface area contributed by atoms with E-state index in [1.165, 1.54) is 0 Å². The molecule has 1 atom stereocenters. The Morgan fingerprint density at radius 2 is 2.19 bits per heavy atom. The first-order chi connectivity index (χ1) is 7.83. The third-order valence-corrected chi connectivity index (χ3v) is 3.05. The fourth-order valence-corrected chi connectivity index (χ4v) is 2.20. The maximum atomic E-state index is 5.47. The van der Waals surface area contributed by atoms with Gasteiger partial charge in [0.2, 0.25) is 5.89 Å². The molecular weight excluding hydrogens is 204 g/mol. The molecule has 0 fully saturated rings. The second kappa shape index (κ2) is 4.51. The lowest BCUT2D eigenvalue weighted by Gasteiger charge is -2.26. The van der Waals surface area contributed by atoms with Crippen molar-refractivity contribution in [3.05, 3.63) is 36.4 Å². The molecule has 0 radical (unpaired) electrons. The second-order valence-electron chi connectivity index (χ2n) is 3.91. The van der Waals surface area contributed by atoms with Gasteiger partial charge in [0.25, 0.3) is 0 Å². The van der Waals surface area contributed by atoms with Crippen LogP contribution in [0.4, 0.5) is 0 Å². The van der Waals surface area contributed by atoms with Gasteiger partial charge < -0.3 is 8.94 Å². The van der Waals surface area contributed by atoms with Crippen LogP contribution in [0.5, 0.6) is 0 Å². The van der Waals surface area contributed by atoms with Gasteiger partial charge in [-0.2, -0.15) is 0 Å². The van der Waals surface area contributed by atoms with Gasteiger partial charge >= 0.3 is 0 Å². The monoisotopic (exact) mass is 220 g/mol. The normalized spacial score (nSPS) is 14.9. The van der Waals surface area contributed by atoms with Crippen molar-refractivity contribution in [1.82, 2.24) is 10.1 Å². The summed E-state index contributed by atoms with van der Waals surface area (Å²) in [5, 5.41) is 4.06. The number of hydrogen-bond acceptors (Lipinski definition) is 4. The number of hydrogen-bond donors (Lipinski definition) is 0. The third kappa shape index (κ3) is 1.64. The van der Waals surface area contributed by atoms with Gasteiger partial charge in [0, 0.05) is 6.07 Å². The Morgan fingerprint density at radius 3 is 2.69 bits per heavy atom. The molecule has 2 rings (SSSR count). The second-order valence-corrected chi connectivity index (χ2v) is 3.91. The zero-order chi connectivity index (χ0) is 11.4. The summed E-state index contributed by atoms with van der Waals surface area (Å²) >= 11 is 0. The van der Waals surface area contributed by atoms with E-state index in [0.717, 1.165) is 30.8 Å². The van der Waals surface area contributed by atoms with E-state index < -0.39 is 0 Å². The molecule has 0 aromatic carbocycles. The highest BCUT2D eigenvalue weighted by atomic mass is 16.5. The van der Waals surface area contributed by atoms with Gasteiger partial charge in [-0.25, -0.2) is 4.98 Å². The maximum absolute atomic E-state index is 5.47. The summed E-state index contributed by atoms with van der Waals surface area (Å²) < 4.78 is 10.4. The van der Waals surface area contributed by atoms with E-state index in [4.69, 9.17) is 8.94 Å². The lowest BCUT2D eigenvalue weighted by atomic mass is 9.77. The van der Waals surface area contributed by atoms with Gasteiger partial charge in [-0.1, -0.05) is 25.4 Å². The van der Waals surface area contributed by atoms with Crippen LogP contribution in [-0.2, 0) is 5.41 Å². The minimum Gasteiger partial charge on any atom is -0.448 e. The topological polar surface area (TPSA) is 52.1 Å². The molecular formula is C12H16N2O2. The summed E-state index contributed by atoms with van der Waals surface area (Å²) in [6.07, 6.45) is 7.77. The molecule has 1 unspecified atom stereocenters. The van der Waals surface area contributed by atoms with Crippen molar-refractivity contribution in [2.24, 2.45) is 0 Å². The average molecular weight is 220 g/mol. The van der Waals surface area contributed by atoms with Crippen LogP contribution >= 0.6 is 0 Å². The Hall–Kier alpha value is -1.58. The van der Waals surface area contributed by atoms with Crippen molar-refractivity contribution >= 4 is 0 Å². The molecule has 2 heterocycles. The molecule has 4 heteroatoms. The Balaban J connectivity index is 2.47. The predicted molar refractivity (Wildman–Crippen MR) is 59.0 cm³/mol. The first-order valence-electron chi connectivity index (χ1n) is 5.64. The highest BCUT2D eigenvalue weighted by Crippen LogP contribution is 2.37. The van der Waals surface area contributed by atoms with Crippen LogP contribution in [-0.4, -0.2) is 10.1 Å². The fraction of sp³-hybridized carbons (Fsp3) is 0.500. The molecule has 0 aliphatic heterocycles. The molecule has 2 aromatic heterocycles. The van der Waals surface area contributed by atoms with Crippen LogP contribution in [0.3, 0.4) is 0 Å². The SMILES string of the molecule is CCCC(CC)(c1ccon1)c1ncco1. The van der Waals surface area contributed by atoms with Crippen molar-refractivity contribution in [3.63, 3.8) is 0 Å². The first-order valence-corrected chi connectivity index (χ1v) is 5.64. The Morgan fingerprint density at radius 1 is 1.31 bits per heavy atom. The summed E-state index contributed by atoms with van der Waals surface area (Å²) in [5.74, 6) is 0.728. The molecule has 2 aromatic rings. The first kappa shape index (κ1) is 10.9. The smallest absolute Gasteiger partial charge is 0.206 e. The van der Waals surface area contributed by atoms with Crippen molar-refractivity contribution in [3.8, 4) is 0 Å². The highest BCUT2D eigenvalue weighted by molar-refractivity contribution is 5.23. The van der Waals surface area contributed by atoms with Crippen LogP contribution in [0, 0.1) is 0 Å². The van der Waals surface area contributed by atoms with Gasteiger partial charge in [0.05, 0.1) is 17.3 Å². The lowest BCUT2D eigenvalue weighted by Crippen LogP contribution is -2.27. The number of aromatic nitrogens is 2. The van der Waals surface area contributed by atoms with Crippen LogP contribution in [0.2, 0.25) is 0 Å². The molecule has 0 amide bonds. The largest absolute Gasteiger partial charge is 0.448 e. The van der Waals surface area contributed by atoms with Crippen molar-refractivity contribution in [1.29, 1.82) is 0 Å². The molecule has 0 N–H and O–H groups in total. The molecule has 16 heavy (non-hydrogen) atoms. The molecule has 0 saturated heterocycles. The Kier molecular flexibility index (Phi) is 3.08. The number of rotatable bonds is 5. The van der Waals surface area contributed by atoms with E-state index in [1.54, 1.807) is 18.7 Å². The minimum atomic E-state index is -0.245. The van der Waals surface area contributed by atoms with Crippen LogP contribution < -0.4 is 0 Å². The summed E-state index contributed by atoms with van der Waals surface area (Å²) in [7, 11) is 0. The summed E-state index contributed by atoms with van der Waals surface area (Å²) in [5.41, 5.74) is 0.657. The Bertz CT molecular complexity index is 372. The van der Waals surface area contributed by atoms with Crippen LogP contribution in [0.15, 0.2) is 33.7 Å². The van der Waals surface area contributed by atoms with E-state index in [1.807, 2.05) is 6.07 Å². The van der Waals surface area contributed by atoms with Crippen molar-refractivity contribution < 1.29 is 8.94 Å². The third-order valence-electron chi connectivity index (χ3n) is 3.05. The molecule has 86 valence electrons. The molecule has 0 aliphatic carbocycles. The van der Waals surface area contributed by atoms with Crippen molar-refractivity contribution in [2.75, 3.05) is 0 Å². The van der Waals surface area contributed by atoms with Crippen LogP contribution in [0.1, 0.15) is 44.7 Å². The summed E-state index contributed by atoms with van der Waals surface area (Å²) in [6.45, 7) is 4.27. The van der Waals surface area contributed by atoms with E-state index in [2.05, 4.69) is 24.0 Å². The van der Waals surface area contributed by atoms with E-state index in [-0.39, 0.29) is 5.41 Å². The number of oxazole rings is 1. The maximum Gasteiger partial charge on any atom is 0.206 e. The fourth-order valence-electron chi connectivity index (χ4n) is 2.20. The standard InChI is InChI=1S/C12H16N2O2/c1-3-6-12(4-2,10-5-8-16-14-10)11-13-7-9-15-11/h5,7-9H,3-4,6H2,1-2H3. The highest BCUT2D eigenvalue weighted by Gasteiger charge is 2.38. The zero-order valence-electron chi connectivity index (χ0n) is 9.64. The van der Waals surface area contributed by atoms with E-state index in [9.17, 15) is 0 Å². The predicted octanol–water partition coefficient (Wildman–Crippen LogP) is 3.16. The van der Waals surface area contributed by atoms with Gasteiger partial charge in [0.1, 0.15) is 12.5 Å². The van der Waals surface area contributed by atoms with E-state index >= 15 is 0 Å². The van der Waals surface area contributed by atoms with Crippen LogP contribution in [0.25, 0.3) is 0 Å².